The van der Waals surface area contributed by atoms with Gasteiger partial charge in [-0.3, -0.25) is 19.2 Å². The molecule has 0 spiro atoms. The lowest BCUT2D eigenvalue weighted by atomic mass is 10.1. The van der Waals surface area contributed by atoms with Gasteiger partial charge in [-0.05, 0) is 72.9 Å². The summed E-state index contributed by atoms with van der Waals surface area (Å²) < 4.78 is 5.97. The number of carbonyl (C=O) groups is 6. The number of aliphatic carboxylic acids is 2. The van der Waals surface area contributed by atoms with Crippen LogP contribution in [0.2, 0.25) is 0 Å². The molecule has 1 aromatic carbocycles. The Labute approximate surface area is 234 Å². The molecule has 0 saturated carbocycles. The number of Topliss-reactive ketones (excluding diaryl/α,β-unsaturated/α-hetero) is 1. The molecule has 210 valence electrons. The van der Waals surface area contributed by atoms with E-state index in [1.807, 2.05) is 24.3 Å². The Hall–Kier alpha value is -3.23. The van der Waals surface area contributed by atoms with Crippen LogP contribution in [-0.4, -0.2) is 83.0 Å². The summed E-state index contributed by atoms with van der Waals surface area (Å²) in [6, 6.07) is 6.52. The number of carboxylic acid groups (broad SMARTS) is 2. The number of hydrogen-bond donors (Lipinski definition) is 4. The fourth-order valence-electron chi connectivity index (χ4n) is 3.26. The molecule has 0 aliphatic carbocycles. The highest BCUT2D eigenvalue weighted by molar-refractivity contribution is 14.1. The zero-order valence-electron chi connectivity index (χ0n) is 21.4. The molecule has 0 saturated heterocycles. The summed E-state index contributed by atoms with van der Waals surface area (Å²) in [6.45, 7) is 1.71. The molecule has 1 rings (SSSR count). The molecule has 12 nitrogen and oxygen atoms in total. The van der Waals surface area contributed by atoms with Crippen molar-refractivity contribution >= 4 is 58.2 Å². The van der Waals surface area contributed by atoms with Crippen molar-refractivity contribution in [2.45, 2.75) is 64.0 Å². The minimum atomic E-state index is -1.47. The van der Waals surface area contributed by atoms with Crippen molar-refractivity contribution in [3.63, 3.8) is 0 Å². The second-order valence-electron chi connectivity index (χ2n) is 8.69. The fourth-order valence-corrected chi connectivity index (χ4v) is 3.62. The first kappa shape index (κ1) is 32.8. The van der Waals surface area contributed by atoms with Gasteiger partial charge in [-0.15, -0.1) is 0 Å². The number of benzene rings is 1. The second kappa shape index (κ2) is 17.3. The van der Waals surface area contributed by atoms with Crippen molar-refractivity contribution in [3.05, 3.63) is 33.4 Å². The van der Waals surface area contributed by atoms with Gasteiger partial charge in [0.2, 0.25) is 17.9 Å². The normalized spacial score (nSPS) is 12.1. The van der Waals surface area contributed by atoms with E-state index < -0.39 is 36.0 Å². The van der Waals surface area contributed by atoms with Gasteiger partial charge in [0.15, 0.2) is 5.78 Å². The molecule has 0 bridgehead atoms. The van der Waals surface area contributed by atoms with Gasteiger partial charge >= 0.3 is 18.0 Å². The SMILES string of the molecule is CC(=O)[C@H](CCC(=O)O)NC(=O)O[C@@H](CCCCNC(=O)CCN(C)C(=O)Cc1ccc([131I])cc1)C(=O)O. The molecule has 4 N–H and O–H groups in total. The number of halogens is 1. The first-order chi connectivity index (χ1) is 17.9. The van der Waals surface area contributed by atoms with Crippen molar-refractivity contribution in [2.75, 3.05) is 20.1 Å². The molecule has 2 atom stereocenters. The molecule has 0 aromatic heterocycles. The zero-order chi connectivity index (χ0) is 28.7. The lowest BCUT2D eigenvalue weighted by Crippen LogP contribution is -2.42. The summed E-state index contributed by atoms with van der Waals surface area (Å²) >= 11 is 2.19. The monoisotopic (exact) mass is 651 g/mol. The molecule has 13 heteroatoms. The quantitative estimate of drug-likeness (QED) is 0.145. The summed E-state index contributed by atoms with van der Waals surface area (Å²) in [7, 11) is 1.63. The average molecular weight is 651 g/mol. The van der Waals surface area contributed by atoms with Gasteiger partial charge in [0, 0.05) is 36.5 Å². The predicted molar refractivity (Wildman–Crippen MR) is 144 cm³/mol. The van der Waals surface area contributed by atoms with Crippen LogP contribution in [0, 0.1) is 3.57 Å². The van der Waals surface area contributed by atoms with E-state index in [0.29, 0.717) is 12.8 Å². The molecule has 38 heavy (non-hydrogen) atoms. The Kier molecular flexibility index (Phi) is 14.9. The number of nitrogens with one attached hydrogen (secondary N) is 2. The smallest absolute Gasteiger partial charge is 0.408 e. The van der Waals surface area contributed by atoms with Crippen LogP contribution in [0.5, 0.6) is 0 Å². The van der Waals surface area contributed by atoms with Crippen LogP contribution >= 0.6 is 22.6 Å². The molecule has 0 aliphatic heterocycles. The van der Waals surface area contributed by atoms with Crippen molar-refractivity contribution in [1.82, 2.24) is 15.5 Å². The highest BCUT2D eigenvalue weighted by Crippen LogP contribution is 2.09. The van der Waals surface area contributed by atoms with E-state index >= 15 is 0 Å². The number of amides is 3. The van der Waals surface area contributed by atoms with Crippen LogP contribution < -0.4 is 10.6 Å². The Morgan fingerprint density at radius 1 is 1.00 bits per heavy atom. The topological polar surface area (TPSA) is 179 Å². The molecular weight excluding hydrogens is 617 g/mol. The van der Waals surface area contributed by atoms with Crippen LogP contribution in [-0.2, 0) is 35.1 Å². The minimum absolute atomic E-state index is 0.0196. The Balaban J connectivity index is 2.31. The molecule has 0 aliphatic rings. The zero-order valence-corrected chi connectivity index (χ0v) is 23.6. The van der Waals surface area contributed by atoms with Crippen molar-refractivity contribution in [2.24, 2.45) is 0 Å². The fraction of sp³-hybridized carbons (Fsp3) is 0.520. The number of ether oxygens (including phenoxy) is 1. The average Bonchev–Trinajstić information content (AvgIpc) is 2.84. The summed E-state index contributed by atoms with van der Waals surface area (Å²) in [5, 5.41) is 22.9. The number of hydrogen-bond acceptors (Lipinski definition) is 7. The van der Waals surface area contributed by atoms with Gasteiger partial charge in [0.25, 0.3) is 0 Å². The lowest BCUT2D eigenvalue weighted by molar-refractivity contribution is -0.147. The number of unbranched alkanes of at least 4 members (excludes halogenated alkanes) is 1. The van der Waals surface area contributed by atoms with Crippen molar-refractivity contribution in [1.29, 1.82) is 0 Å². The standard InChI is InChI=1S/C25H34IN3O9/c1-16(30)19(10-11-23(33)34)28-25(37)38-20(24(35)36)5-3-4-13-27-21(31)12-14-29(2)22(32)15-17-6-8-18(26)9-7-17/h6-9,19-20H,3-5,10-15H2,1-2H3,(H,27,31)(H,28,37)(H,33,34)(H,35,36)/t19-,20-/m0/s1/i26+4. The Morgan fingerprint density at radius 3 is 2.24 bits per heavy atom. The third kappa shape index (κ3) is 13.9. The molecular formula is C25H34IN3O9. The van der Waals surface area contributed by atoms with E-state index in [2.05, 4.69) is 33.2 Å². The molecule has 0 radical (unpaired) electrons. The molecule has 0 heterocycles. The highest BCUT2D eigenvalue weighted by atomic mass is 131. The van der Waals surface area contributed by atoms with E-state index in [0.717, 1.165) is 9.13 Å². The second-order valence-corrected chi connectivity index (χ2v) is 9.93. The van der Waals surface area contributed by atoms with Gasteiger partial charge in [-0.25, -0.2) is 9.59 Å². The van der Waals surface area contributed by atoms with Crippen molar-refractivity contribution < 1.29 is 43.7 Å². The van der Waals surface area contributed by atoms with Gasteiger partial charge < -0.3 is 30.5 Å². The van der Waals surface area contributed by atoms with Crippen LogP contribution in [0.15, 0.2) is 24.3 Å². The first-order valence-corrected chi connectivity index (χ1v) is 13.1. The summed E-state index contributed by atoms with van der Waals surface area (Å²) in [6.07, 6.45) is -1.99. The predicted octanol–water partition coefficient (Wildman–Crippen LogP) is 1.97. The number of likely N-dealkylation sites (N-methyl/N-ethyl adjacent to an activating group) is 1. The first-order valence-electron chi connectivity index (χ1n) is 12.1. The Bertz CT molecular complexity index is 985. The molecule has 3 amide bonds. The number of carboxylic acids is 2. The maximum absolute atomic E-state index is 12.3. The number of carbonyl (C=O) groups excluding carboxylic acids is 4. The van der Waals surface area contributed by atoms with E-state index in [1.165, 1.54) is 11.8 Å². The summed E-state index contributed by atoms with van der Waals surface area (Å²) in [5.41, 5.74) is 0.893. The number of rotatable bonds is 17. The number of alkyl carbamates (subject to hydrolysis) is 1. The highest BCUT2D eigenvalue weighted by Gasteiger charge is 2.25. The van der Waals surface area contributed by atoms with Gasteiger partial charge in [-0.1, -0.05) is 12.1 Å². The van der Waals surface area contributed by atoms with E-state index in [4.69, 9.17) is 9.84 Å². The van der Waals surface area contributed by atoms with E-state index in [-0.39, 0.29) is 57.0 Å². The molecule has 0 unspecified atom stereocenters. The number of ketones is 1. The number of nitrogens with zero attached hydrogens (tertiary/aromatic N) is 1. The van der Waals surface area contributed by atoms with Gasteiger partial charge in [0.1, 0.15) is 0 Å². The van der Waals surface area contributed by atoms with E-state index in [1.54, 1.807) is 7.05 Å². The summed E-state index contributed by atoms with van der Waals surface area (Å²) in [5.74, 6) is -3.33. The van der Waals surface area contributed by atoms with Crippen molar-refractivity contribution in [3.8, 4) is 0 Å². The van der Waals surface area contributed by atoms with Gasteiger partial charge in [-0.2, -0.15) is 0 Å². The van der Waals surface area contributed by atoms with Crippen LogP contribution in [0.1, 0.15) is 51.0 Å². The lowest BCUT2D eigenvalue weighted by Gasteiger charge is -2.18. The molecule has 0 fully saturated rings. The van der Waals surface area contributed by atoms with E-state index in [9.17, 15) is 33.9 Å². The maximum atomic E-state index is 12.3. The molecule has 1 aromatic rings. The third-order valence-corrected chi connectivity index (χ3v) is 6.26. The third-order valence-electron chi connectivity index (χ3n) is 5.54. The maximum Gasteiger partial charge on any atom is 0.408 e. The van der Waals surface area contributed by atoms with Crippen LogP contribution in [0.3, 0.4) is 0 Å². The largest absolute Gasteiger partial charge is 0.481 e. The Morgan fingerprint density at radius 2 is 1.66 bits per heavy atom. The summed E-state index contributed by atoms with van der Waals surface area (Å²) in [4.78, 5) is 71.6. The van der Waals surface area contributed by atoms with Gasteiger partial charge in [0.05, 0.1) is 12.5 Å². The van der Waals surface area contributed by atoms with Crippen LogP contribution in [0.4, 0.5) is 4.79 Å². The van der Waals surface area contributed by atoms with Crippen LogP contribution in [0.25, 0.3) is 0 Å². The minimum Gasteiger partial charge on any atom is -0.481 e.